The Labute approximate surface area is 131 Å². The molecule has 6 heteroatoms. The third-order valence-electron chi connectivity index (χ3n) is 2.43. The van der Waals surface area contributed by atoms with Gasteiger partial charge in [0.15, 0.2) is 5.78 Å². The molecule has 0 aliphatic heterocycles. The van der Waals surface area contributed by atoms with E-state index < -0.39 is 17.7 Å². The Kier molecular flexibility index (Phi) is 10.2. The molecule has 5 nitrogen and oxygen atoms in total. The Morgan fingerprint density at radius 1 is 1.43 bits per heavy atom. The van der Waals surface area contributed by atoms with Gasteiger partial charge in [-0.1, -0.05) is 6.08 Å². The minimum Gasteiger partial charge on any atom is -0.444 e. The lowest BCUT2D eigenvalue weighted by atomic mass is 10.1. The predicted molar refractivity (Wildman–Crippen MR) is 86.6 cm³/mol. The highest BCUT2D eigenvalue weighted by molar-refractivity contribution is 7.99. The Morgan fingerprint density at radius 3 is 2.62 bits per heavy atom. The van der Waals surface area contributed by atoms with Gasteiger partial charge >= 0.3 is 6.09 Å². The second-order valence-corrected chi connectivity index (χ2v) is 6.79. The first kappa shape index (κ1) is 20.0. The number of allylic oxidation sites excluding steroid dienone is 1. The summed E-state index contributed by atoms with van der Waals surface area (Å²) < 4.78 is 5.17. The number of hydrogen-bond acceptors (Lipinski definition) is 5. The first-order valence-corrected chi connectivity index (χ1v) is 8.27. The maximum Gasteiger partial charge on any atom is 0.408 e. The van der Waals surface area contributed by atoms with Crippen LogP contribution in [-0.2, 0) is 9.53 Å². The molecule has 1 amide bonds. The summed E-state index contributed by atoms with van der Waals surface area (Å²) in [5.74, 6) is 0.951. The van der Waals surface area contributed by atoms with Crippen molar-refractivity contribution in [3.05, 3.63) is 12.7 Å². The van der Waals surface area contributed by atoms with Gasteiger partial charge in [-0.3, -0.25) is 4.79 Å². The molecule has 0 bridgehead atoms. The standard InChI is InChI=1S/C15H27NO4S/c1-5-6-7-8-13(18)12(11-21-10-9-17)16-14(19)20-15(2,3)4/h5,12,17H,1,6-11H2,2-4H3,(H,16,19)/t12-/m0/s1. The van der Waals surface area contributed by atoms with Gasteiger partial charge in [0.2, 0.25) is 0 Å². The van der Waals surface area contributed by atoms with Crippen molar-refractivity contribution in [3.63, 3.8) is 0 Å². The lowest BCUT2D eigenvalue weighted by Gasteiger charge is -2.23. The average Bonchev–Trinajstić information content (AvgIpc) is 2.35. The number of aliphatic hydroxyl groups excluding tert-OH is 1. The smallest absolute Gasteiger partial charge is 0.408 e. The lowest BCUT2D eigenvalue weighted by Crippen LogP contribution is -2.45. The third kappa shape index (κ3) is 11.3. The largest absolute Gasteiger partial charge is 0.444 e. The van der Waals surface area contributed by atoms with Crippen LogP contribution in [0.25, 0.3) is 0 Å². The number of carbonyl (C=O) groups excluding carboxylic acids is 2. The van der Waals surface area contributed by atoms with Crippen LogP contribution in [-0.4, -0.2) is 46.7 Å². The van der Waals surface area contributed by atoms with E-state index in [0.29, 0.717) is 17.9 Å². The van der Waals surface area contributed by atoms with Gasteiger partial charge in [-0.05, 0) is 33.6 Å². The van der Waals surface area contributed by atoms with E-state index in [1.54, 1.807) is 26.8 Å². The molecule has 0 radical (unpaired) electrons. The van der Waals surface area contributed by atoms with E-state index >= 15 is 0 Å². The molecule has 2 N–H and O–H groups in total. The molecule has 0 heterocycles. The van der Waals surface area contributed by atoms with Crippen LogP contribution in [0.15, 0.2) is 12.7 Å². The van der Waals surface area contributed by atoms with Crippen LogP contribution in [0, 0.1) is 0 Å². The monoisotopic (exact) mass is 317 g/mol. The van der Waals surface area contributed by atoms with E-state index in [-0.39, 0.29) is 12.4 Å². The van der Waals surface area contributed by atoms with Crippen molar-refractivity contribution in [2.24, 2.45) is 0 Å². The molecule has 21 heavy (non-hydrogen) atoms. The summed E-state index contributed by atoms with van der Waals surface area (Å²) in [5, 5.41) is 11.4. The summed E-state index contributed by atoms with van der Waals surface area (Å²) in [5.41, 5.74) is -0.598. The van der Waals surface area contributed by atoms with Crippen LogP contribution in [0.4, 0.5) is 4.79 Å². The Balaban J connectivity index is 4.46. The number of nitrogens with one attached hydrogen (secondary N) is 1. The van der Waals surface area contributed by atoms with Crippen molar-refractivity contribution >= 4 is 23.6 Å². The molecule has 0 saturated heterocycles. The topological polar surface area (TPSA) is 75.6 Å². The molecular weight excluding hydrogens is 290 g/mol. The zero-order valence-electron chi connectivity index (χ0n) is 13.2. The normalized spacial score (nSPS) is 12.6. The van der Waals surface area contributed by atoms with Gasteiger partial charge in [0.05, 0.1) is 12.6 Å². The van der Waals surface area contributed by atoms with E-state index in [2.05, 4.69) is 11.9 Å². The van der Waals surface area contributed by atoms with Crippen molar-refractivity contribution in [1.82, 2.24) is 5.32 Å². The molecule has 0 spiro atoms. The molecular formula is C15H27NO4S. The van der Waals surface area contributed by atoms with E-state index in [9.17, 15) is 9.59 Å². The quantitative estimate of drug-likeness (QED) is 0.478. The highest BCUT2D eigenvalue weighted by Gasteiger charge is 2.23. The molecule has 0 aliphatic rings. The van der Waals surface area contributed by atoms with Crippen molar-refractivity contribution < 1.29 is 19.4 Å². The highest BCUT2D eigenvalue weighted by Crippen LogP contribution is 2.10. The zero-order valence-corrected chi connectivity index (χ0v) is 14.0. The Bertz CT molecular complexity index is 339. The molecule has 0 unspecified atom stereocenters. The molecule has 0 aromatic carbocycles. The number of ether oxygens (including phenoxy) is 1. The predicted octanol–water partition coefficient (Wildman–Crippen LogP) is 2.53. The van der Waals surface area contributed by atoms with Gasteiger partial charge in [0.1, 0.15) is 5.60 Å². The number of thioether (sulfide) groups is 1. The van der Waals surface area contributed by atoms with Gasteiger partial charge in [-0.2, -0.15) is 11.8 Å². The molecule has 0 saturated carbocycles. The fourth-order valence-electron chi connectivity index (χ4n) is 1.53. The molecule has 0 aromatic rings. The van der Waals surface area contributed by atoms with Crippen LogP contribution in [0.3, 0.4) is 0 Å². The van der Waals surface area contributed by atoms with Crippen LogP contribution in [0.1, 0.15) is 40.0 Å². The molecule has 122 valence electrons. The van der Waals surface area contributed by atoms with Gasteiger partial charge < -0.3 is 15.2 Å². The number of ketones is 1. The van der Waals surface area contributed by atoms with Crippen molar-refractivity contribution in [1.29, 1.82) is 0 Å². The van der Waals surface area contributed by atoms with E-state index in [4.69, 9.17) is 9.84 Å². The molecule has 0 aromatic heterocycles. The number of amides is 1. The summed E-state index contributed by atoms with van der Waals surface area (Å²) in [4.78, 5) is 23.9. The summed E-state index contributed by atoms with van der Waals surface area (Å²) >= 11 is 1.43. The van der Waals surface area contributed by atoms with E-state index in [1.165, 1.54) is 11.8 Å². The first-order chi connectivity index (χ1) is 9.80. The lowest BCUT2D eigenvalue weighted by molar-refractivity contribution is -0.120. The fourth-order valence-corrected chi connectivity index (χ4v) is 2.33. The summed E-state index contributed by atoms with van der Waals surface area (Å²) in [7, 11) is 0. The number of aliphatic hydroxyl groups is 1. The number of unbranched alkanes of at least 4 members (excludes halogenated alkanes) is 1. The number of carbonyl (C=O) groups is 2. The van der Waals surface area contributed by atoms with E-state index in [1.807, 2.05) is 0 Å². The molecule has 0 aliphatic carbocycles. The summed E-state index contributed by atoms with van der Waals surface area (Å²) in [6.07, 6.45) is 3.07. The Morgan fingerprint density at radius 2 is 2.10 bits per heavy atom. The maximum absolute atomic E-state index is 12.1. The number of hydrogen-bond donors (Lipinski definition) is 2. The summed E-state index contributed by atoms with van der Waals surface area (Å²) in [6.45, 7) is 8.98. The van der Waals surface area contributed by atoms with E-state index in [0.717, 1.165) is 12.8 Å². The number of rotatable bonds is 10. The van der Waals surface area contributed by atoms with Gasteiger partial charge in [0, 0.05) is 17.9 Å². The van der Waals surface area contributed by atoms with Gasteiger partial charge in [0.25, 0.3) is 0 Å². The molecule has 0 fully saturated rings. The van der Waals surface area contributed by atoms with Crippen LogP contribution < -0.4 is 5.32 Å². The zero-order chi connectivity index (χ0) is 16.3. The third-order valence-corrected chi connectivity index (χ3v) is 3.47. The number of Topliss-reactive ketones (excluding diaryl/α,β-unsaturated/α-hetero) is 1. The van der Waals surface area contributed by atoms with Crippen molar-refractivity contribution in [2.75, 3.05) is 18.1 Å². The minimum atomic E-state index is -0.598. The second kappa shape index (κ2) is 10.7. The van der Waals surface area contributed by atoms with Crippen LogP contribution in [0.2, 0.25) is 0 Å². The average molecular weight is 317 g/mol. The summed E-state index contributed by atoms with van der Waals surface area (Å²) in [6, 6.07) is -0.582. The Hall–Kier alpha value is -1.01. The SMILES string of the molecule is C=CCCCC(=O)[C@H](CSCCO)NC(=O)OC(C)(C)C. The van der Waals surface area contributed by atoms with Gasteiger partial charge in [-0.15, -0.1) is 6.58 Å². The molecule has 1 atom stereocenters. The van der Waals surface area contributed by atoms with Crippen molar-refractivity contribution in [2.45, 2.75) is 51.7 Å². The maximum atomic E-state index is 12.1. The van der Waals surface area contributed by atoms with Gasteiger partial charge in [-0.25, -0.2) is 4.79 Å². The fraction of sp³-hybridized carbons (Fsp3) is 0.733. The highest BCUT2D eigenvalue weighted by atomic mass is 32.2. The van der Waals surface area contributed by atoms with Crippen LogP contribution in [0.5, 0.6) is 0 Å². The van der Waals surface area contributed by atoms with Crippen LogP contribution >= 0.6 is 11.8 Å². The number of alkyl carbamates (subject to hydrolysis) is 1. The molecule has 0 rings (SSSR count). The first-order valence-electron chi connectivity index (χ1n) is 7.12. The second-order valence-electron chi connectivity index (χ2n) is 5.64. The van der Waals surface area contributed by atoms with Crippen molar-refractivity contribution in [3.8, 4) is 0 Å². The minimum absolute atomic E-state index is 0.0202.